The van der Waals surface area contributed by atoms with Gasteiger partial charge in [-0.3, -0.25) is 0 Å². The van der Waals surface area contributed by atoms with Crippen molar-refractivity contribution in [1.82, 2.24) is 9.97 Å². The lowest BCUT2D eigenvalue weighted by Crippen LogP contribution is -2.10. The Balaban J connectivity index is 2.27. The third kappa shape index (κ3) is 1.94. The van der Waals surface area contributed by atoms with E-state index in [4.69, 9.17) is 10.2 Å². The highest BCUT2D eigenvalue weighted by molar-refractivity contribution is 5.51. The van der Waals surface area contributed by atoms with Gasteiger partial charge < -0.3 is 15.1 Å². The van der Waals surface area contributed by atoms with E-state index in [9.17, 15) is 0 Å². The summed E-state index contributed by atoms with van der Waals surface area (Å²) in [6.45, 7) is 3.95. The lowest BCUT2D eigenvalue weighted by molar-refractivity contribution is 0.546. The number of furan rings is 1. The normalized spacial score (nSPS) is 13.0. The van der Waals surface area contributed by atoms with E-state index in [1.54, 1.807) is 6.20 Å². The molecule has 1 unspecified atom stereocenters. The lowest BCUT2D eigenvalue weighted by Gasteiger charge is -2.02. The summed E-state index contributed by atoms with van der Waals surface area (Å²) >= 11 is 0. The molecule has 2 aromatic heterocycles. The van der Waals surface area contributed by atoms with E-state index in [2.05, 4.69) is 9.97 Å². The minimum Gasteiger partial charge on any atom is -0.460 e. The van der Waals surface area contributed by atoms with Gasteiger partial charge in [-0.05, 0) is 25.5 Å². The predicted octanol–water partition coefficient (Wildman–Crippen LogP) is 2.39. The zero-order chi connectivity index (χ0) is 10.8. The first kappa shape index (κ1) is 9.98. The van der Waals surface area contributed by atoms with Crippen molar-refractivity contribution in [2.24, 2.45) is 5.73 Å². The number of rotatable bonds is 3. The largest absolute Gasteiger partial charge is 0.460 e. The zero-order valence-electron chi connectivity index (χ0n) is 8.95. The first-order valence-corrected chi connectivity index (χ1v) is 5.08. The number of H-pyrrole nitrogens is 1. The molecule has 2 rings (SSSR count). The monoisotopic (exact) mass is 205 g/mol. The third-order valence-electron chi connectivity index (χ3n) is 2.39. The maximum absolute atomic E-state index is 5.87. The molecule has 80 valence electrons. The van der Waals surface area contributed by atoms with Crippen molar-refractivity contribution in [3.05, 3.63) is 29.9 Å². The standard InChI is InChI=1S/C11H15N3O/c1-3-8(12)11-13-6-9(14-11)10-5-4-7(2)15-10/h4-6,8H,3,12H2,1-2H3,(H,13,14). The molecule has 15 heavy (non-hydrogen) atoms. The molecule has 0 saturated carbocycles. The van der Waals surface area contributed by atoms with Crippen LogP contribution in [0.4, 0.5) is 0 Å². The average Bonchev–Trinajstić information content (AvgIpc) is 2.84. The first-order valence-electron chi connectivity index (χ1n) is 5.08. The van der Waals surface area contributed by atoms with Gasteiger partial charge in [0, 0.05) is 0 Å². The second-order valence-electron chi connectivity index (χ2n) is 3.61. The summed E-state index contributed by atoms with van der Waals surface area (Å²) in [7, 11) is 0. The predicted molar refractivity (Wildman–Crippen MR) is 58.2 cm³/mol. The maximum Gasteiger partial charge on any atom is 0.152 e. The fraction of sp³-hybridized carbons (Fsp3) is 0.364. The highest BCUT2D eigenvalue weighted by Crippen LogP contribution is 2.21. The van der Waals surface area contributed by atoms with Crippen LogP contribution in [0.5, 0.6) is 0 Å². The molecule has 2 aromatic rings. The van der Waals surface area contributed by atoms with Crippen molar-refractivity contribution in [3.63, 3.8) is 0 Å². The number of nitrogens with one attached hydrogen (secondary N) is 1. The van der Waals surface area contributed by atoms with E-state index >= 15 is 0 Å². The van der Waals surface area contributed by atoms with Gasteiger partial charge in [0.1, 0.15) is 17.3 Å². The van der Waals surface area contributed by atoms with Gasteiger partial charge in [-0.2, -0.15) is 0 Å². The number of aromatic nitrogens is 2. The molecule has 0 fully saturated rings. The Hall–Kier alpha value is -1.55. The van der Waals surface area contributed by atoms with Crippen LogP contribution >= 0.6 is 0 Å². The van der Waals surface area contributed by atoms with Crippen molar-refractivity contribution in [2.45, 2.75) is 26.3 Å². The number of nitrogens with zero attached hydrogens (tertiary/aromatic N) is 1. The smallest absolute Gasteiger partial charge is 0.152 e. The molecular formula is C11H15N3O. The number of nitrogens with two attached hydrogens (primary N) is 1. The maximum atomic E-state index is 5.87. The average molecular weight is 205 g/mol. The van der Waals surface area contributed by atoms with Crippen LogP contribution in [0.3, 0.4) is 0 Å². The molecule has 4 nitrogen and oxygen atoms in total. The Morgan fingerprint density at radius 2 is 2.33 bits per heavy atom. The van der Waals surface area contributed by atoms with Crippen LogP contribution in [-0.2, 0) is 0 Å². The van der Waals surface area contributed by atoms with Gasteiger partial charge in [-0.25, -0.2) is 4.98 Å². The molecular weight excluding hydrogens is 190 g/mol. The van der Waals surface area contributed by atoms with Crippen molar-refractivity contribution < 1.29 is 4.42 Å². The highest BCUT2D eigenvalue weighted by Gasteiger charge is 2.10. The van der Waals surface area contributed by atoms with E-state index in [-0.39, 0.29) is 6.04 Å². The van der Waals surface area contributed by atoms with Gasteiger partial charge in [0.15, 0.2) is 5.76 Å². The van der Waals surface area contributed by atoms with Crippen LogP contribution in [0, 0.1) is 6.92 Å². The summed E-state index contributed by atoms with van der Waals surface area (Å²) in [6, 6.07) is 3.81. The molecule has 0 aliphatic heterocycles. The summed E-state index contributed by atoms with van der Waals surface area (Å²) in [5, 5.41) is 0. The van der Waals surface area contributed by atoms with Crippen molar-refractivity contribution in [3.8, 4) is 11.5 Å². The molecule has 0 spiro atoms. The molecule has 3 N–H and O–H groups in total. The molecule has 1 atom stereocenters. The van der Waals surface area contributed by atoms with Crippen LogP contribution in [0.2, 0.25) is 0 Å². The van der Waals surface area contributed by atoms with Crippen molar-refractivity contribution in [1.29, 1.82) is 0 Å². The van der Waals surface area contributed by atoms with Gasteiger partial charge in [-0.1, -0.05) is 6.92 Å². The minimum atomic E-state index is -0.0326. The fourth-order valence-electron chi connectivity index (χ4n) is 1.42. The SMILES string of the molecule is CCC(N)c1ncc(-c2ccc(C)o2)[nH]1. The molecule has 0 aromatic carbocycles. The van der Waals surface area contributed by atoms with E-state index in [1.165, 1.54) is 0 Å². The molecule has 0 bridgehead atoms. The molecule has 0 radical (unpaired) electrons. The molecule has 0 aliphatic carbocycles. The van der Waals surface area contributed by atoms with Crippen LogP contribution in [0.25, 0.3) is 11.5 Å². The Morgan fingerprint density at radius 1 is 1.53 bits per heavy atom. The van der Waals surface area contributed by atoms with E-state index < -0.39 is 0 Å². The second kappa shape index (κ2) is 3.90. The third-order valence-corrected chi connectivity index (χ3v) is 2.39. The second-order valence-corrected chi connectivity index (χ2v) is 3.61. The van der Waals surface area contributed by atoms with Crippen LogP contribution in [-0.4, -0.2) is 9.97 Å². The van der Waals surface area contributed by atoms with Gasteiger partial charge in [0.25, 0.3) is 0 Å². The fourth-order valence-corrected chi connectivity index (χ4v) is 1.42. The lowest BCUT2D eigenvalue weighted by atomic mass is 10.2. The number of aryl methyl sites for hydroxylation is 1. The zero-order valence-corrected chi connectivity index (χ0v) is 8.95. The molecule has 0 saturated heterocycles. The van der Waals surface area contributed by atoms with Gasteiger partial charge in [0.2, 0.25) is 0 Å². The quantitative estimate of drug-likeness (QED) is 0.808. The molecule has 0 aliphatic rings. The summed E-state index contributed by atoms with van der Waals surface area (Å²) < 4.78 is 5.48. The Bertz CT molecular complexity index is 444. The van der Waals surface area contributed by atoms with E-state index in [1.807, 2.05) is 26.0 Å². The number of hydrogen-bond donors (Lipinski definition) is 2. The Labute approximate surface area is 88.5 Å². The number of imidazole rings is 1. The summed E-state index contributed by atoms with van der Waals surface area (Å²) in [5.74, 6) is 2.50. The Kier molecular flexibility index (Phi) is 2.60. The number of aromatic amines is 1. The first-order chi connectivity index (χ1) is 7.20. The summed E-state index contributed by atoms with van der Waals surface area (Å²) in [5.41, 5.74) is 6.74. The topological polar surface area (TPSA) is 67.8 Å². The van der Waals surface area contributed by atoms with Gasteiger partial charge >= 0.3 is 0 Å². The van der Waals surface area contributed by atoms with Crippen molar-refractivity contribution >= 4 is 0 Å². The molecule has 2 heterocycles. The van der Waals surface area contributed by atoms with Crippen molar-refractivity contribution in [2.75, 3.05) is 0 Å². The van der Waals surface area contributed by atoms with E-state index in [0.717, 1.165) is 29.5 Å². The minimum absolute atomic E-state index is 0.0326. The van der Waals surface area contributed by atoms with Crippen LogP contribution in [0.1, 0.15) is 31.0 Å². The summed E-state index contributed by atoms with van der Waals surface area (Å²) in [4.78, 5) is 7.40. The highest BCUT2D eigenvalue weighted by atomic mass is 16.3. The molecule has 4 heteroatoms. The summed E-state index contributed by atoms with van der Waals surface area (Å²) in [6.07, 6.45) is 2.62. The Morgan fingerprint density at radius 3 is 2.93 bits per heavy atom. The van der Waals surface area contributed by atoms with E-state index in [0.29, 0.717) is 0 Å². The van der Waals surface area contributed by atoms with Crippen LogP contribution in [0.15, 0.2) is 22.7 Å². The molecule has 0 amide bonds. The number of hydrogen-bond acceptors (Lipinski definition) is 3. The van der Waals surface area contributed by atoms with Crippen LogP contribution < -0.4 is 5.73 Å². The van der Waals surface area contributed by atoms with Gasteiger partial charge in [-0.15, -0.1) is 0 Å². The van der Waals surface area contributed by atoms with Gasteiger partial charge in [0.05, 0.1) is 12.2 Å².